The van der Waals surface area contributed by atoms with Crippen molar-refractivity contribution in [3.63, 3.8) is 0 Å². The molecule has 0 fully saturated rings. The summed E-state index contributed by atoms with van der Waals surface area (Å²) in [5.74, 6) is 0.0327. The molecule has 0 heterocycles. The van der Waals surface area contributed by atoms with Crippen LogP contribution in [-0.2, 0) is 0 Å². The quantitative estimate of drug-likeness (QED) is 0.325. The Labute approximate surface area is 131 Å². The molecule has 19 heavy (non-hydrogen) atoms. The average molecular weight is 380 g/mol. The number of halogens is 1. The van der Waals surface area contributed by atoms with Gasteiger partial charge in [-0.3, -0.25) is 4.79 Å². The van der Waals surface area contributed by atoms with Crippen molar-refractivity contribution >= 4 is 46.2 Å². The van der Waals surface area contributed by atoms with Crippen LogP contribution in [0, 0.1) is 3.57 Å². The highest BCUT2D eigenvalue weighted by Gasteiger charge is 2.00. The fraction of sp³-hybridized carbons (Fsp3) is 0.0625. The largest absolute Gasteiger partial charge is 0.289 e. The number of thioether (sulfide) groups is 1. The van der Waals surface area contributed by atoms with Crippen LogP contribution < -0.4 is 0 Å². The lowest BCUT2D eigenvalue weighted by molar-refractivity contribution is 0.104. The summed E-state index contributed by atoms with van der Waals surface area (Å²) in [4.78, 5) is 13.2. The van der Waals surface area contributed by atoms with Crippen molar-refractivity contribution in [1.29, 1.82) is 0 Å². The number of hydrogen-bond donors (Lipinski definition) is 0. The van der Waals surface area contributed by atoms with Gasteiger partial charge >= 0.3 is 0 Å². The molecule has 0 aromatic heterocycles. The van der Waals surface area contributed by atoms with Gasteiger partial charge in [0.1, 0.15) is 0 Å². The number of rotatable bonds is 4. The molecule has 96 valence electrons. The molecule has 0 radical (unpaired) electrons. The third-order valence-corrected chi connectivity index (χ3v) is 4.13. The fourth-order valence-corrected chi connectivity index (χ4v) is 2.37. The summed E-state index contributed by atoms with van der Waals surface area (Å²) in [6, 6.07) is 15.7. The Balaban J connectivity index is 2.08. The summed E-state index contributed by atoms with van der Waals surface area (Å²) in [6.45, 7) is 0. The highest BCUT2D eigenvalue weighted by Crippen LogP contribution is 2.16. The molecule has 3 heteroatoms. The van der Waals surface area contributed by atoms with Crippen LogP contribution in [0.4, 0.5) is 0 Å². The third kappa shape index (κ3) is 4.21. The van der Waals surface area contributed by atoms with Crippen molar-refractivity contribution in [3.05, 3.63) is 69.3 Å². The number of carbonyl (C=O) groups excluding carboxylic acids is 1. The Hall–Kier alpha value is -1.07. The standard InChI is InChI=1S/C16H13IOS/c1-19-15-9-2-12(3-10-15)4-11-16(18)13-5-7-14(17)8-6-13/h2-11H,1H3/b11-4+. The first-order valence-corrected chi connectivity index (χ1v) is 8.11. The summed E-state index contributed by atoms with van der Waals surface area (Å²) in [7, 11) is 0. The Kier molecular flexibility index (Phi) is 5.22. The Bertz CT molecular complexity index is 585. The molecule has 2 rings (SSSR count). The first kappa shape index (κ1) is 14.3. The van der Waals surface area contributed by atoms with Gasteiger partial charge in [0.15, 0.2) is 5.78 Å². The van der Waals surface area contributed by atoms with E-state index in [1.54, 1.807) is 17.8 Å². The molecule has 0 aliphatic heterocycles. The first-order valence-electron chi connectivity index (χ1n) is 5.81. The SMILES string of the molecule is CSc1ccc(/C=C/C(=O)c2ccc(I)cc2)cc1. The van der Waals surface area contributed by atoms with E-state index in [0.717, 1.165) is 14.7 Å². The fourth-order valence-electron chi connectivity index (χ4n) is 1.60. The van der Waals surface area contributed by atoms with Crippen LogP contribution in [0.3, 0.4) is 0 Å². The molecular weight excluding hydrogens is 367 g/mol. The van der Waals surface area contributed by atoms with Crippen LogP contribution in [0.25, 0.3) is 6.08 Å². The predicted octanol–water partition coefficient (Wildman–Crippen LogP) is 4.91. The highest BCUT2D eigenvalue weighted by atomic mass is 127. The molecule has 2 aromatic carbocycles. The normalized spacial score (nSPS) is 10.8. The summed E-state index contributed by atoms with van der Waals surface area (Å²) >= 11 is 3.93. The molecular formula is C16H13IOS. The number of allylic oxidation sites excluding steroid dienone is 1. The van der Waals surface area contributed by atoms with Gasteiger partial charge in [-0.05, 0) is 64.8 Å². The van der Waals surface area contributed by atoms with Gasteiger partial charge in [0.25, 0.3) is 0 Å². The van der Waals surface area contributed by atoms with Gasteiger partial charge < -0.3 is 0 Å². The topological polar surface area (TPSA) is 17.1 Å². The van der Waals surface area contributed by atoms with E-state index in [1.807, 2.05) is 48.7 Å². The minimum absolute atomic E-state index is 0.0327. The van der Waals surface area contributed by atoms with Crippen LogP contribution in [0.5, 0.6) is 0 Å². The molecule has 2 aromatic rings. The molecule has 0 amide bonds. The van der Waals surface area contributed by atoms with Gasteiger partial charge in [-0.2, -0.15) is 0 Å². The summed E-state index contributed by atoms with van der Waals surface area (Å²) in [5, 5.41) is 0. The van der Waals surface area contributed by atoms with Gasteiger partial charge in [-0.1, -0.05) is 30.3 Å². The van der Waals surface area contributed by atoms with Crippen LogP contribution in [0.1, 0.15) is 15.9 Å². The van der Waals surface area contributed by atoms with Crippen LogP contribution in [0.2, 0.25) is 0 Å². The van der Waals surface area contributed by atoms with Crippen molar-refractivity contribution in [2.24, 2.45) is 0 Å². The molecule has 0 saturated carbocycles. The van der Waals surface area contributed by atoms with E-state index in [-0.39, 0.29) is 5.78 Å². The van der Waals surface area contributed by atoms with E-state index in [2.05, 4.69) is 34.7 Å². The molecule has 0 spiro atoms. The van der Waals surface area contributed by atoms with Crippen LogP contribution >= 0.6 is 34.4 Å². The van der Waals surface area contributed by atoms with Crippen LogP contribution in [0.15, 0.2) is 59.5 Å². The summed E-state index contributed by atoms with van der Waals surface area (Å²) < 4.78 is 1.13. The second kappa shape index (κ2) is 6.91. The second-order valence-electron chi connectivity index (χ2n) is 3.98. The van der Waals surface area contributed by atoms with E-state index >= 15 is 0 Å². The van der Waals surface area contributed by atoms with Crippen molar-refractivity contribution in [2.75, 3.05) is 6.26 Å². The molecule has 0 unspecified atom stereocenters. The van der Waals surface area contributed by atoms with E-state index in [0.29, 0.717) is 0 Å². The predicted molar refractivity (Wildman–Crippen MR) is 90.7 cm³/mol. The van der Waals surface area contributed by atoms with Crippen molar-refractivity contribution < 1.29 is 4.79 Å². The maximum absolute atomic E-state index is 12.0. The minimum Gasteiger partial charge on any atom is -0.289 e. The highest BCUT2D eigenvalue weighted by molar-refractivity contribution is 14.1. The lowest BCUT2D eigenvalue weighted by atomic mass is 10.1. The molecule has 0 atom stereocenters. The Morgan fingerprint density at radius 1 is 1.05 bits per heavy atom. The zero-order valence-corrected chi connectivity index (χ0v) is 13.4. The zero-order chi connectivity index (χ0) is 13.7. The van der Waals surface area contributed by atoms with Gasteiger partial charge in [0, 0.05) is 14.0 Å². The molecule has 0 N–H and O–H groups in total. The number of benzene rings is 2. The molecule has 0 aliphatic rings. The Morgan fingerprint density at radius 3 is 2.26 bits per heavy atom. The van der Waals surface area contributed by atoms with Gasteiger partial charge in [0.05, 0.1) is 0 Å². The van der Waals surface area contributed by atoms with Crippen molar-refractivity contribution in [2.45, 2.75) is 4.90 Å². The summed E-state index contributed by atoms with van der Waals surface area (Å²) in [5.41, 5.74) is 1.76. The smallest absolute Gasteiger partial charge is 0.185 e. The average Bonchev–Trinajstić information content (AvgIpc) is 2.46. The number of hydrogen-bond acceptors (Lipinski definition) is 2. The number of carbonyl (C=O) groups is 1. The third-order valence-electron chi connectivity index (χ3n) is 2.67. The monoisotopic (exact) mass is 380 g/mol. The van der Waals surface area contributed by atoms with Gasteiger partial charge in [0.2, 0.25) is 0 Å². The maximum atomic E-state index is 12.0. The van der Waals surface area contributed by atoms with Crippen molar-refractivity contribution in [3.8, 4) is 0 Å². The van der Waals surface area contributed by atoms with E-state index in [4.69, 9.17) is 0 Å². The lowest BCUT2D eigenvalue weighted by Gasteiger charge is -1.98. The molecule has 0 aliphatic carbocycles. The van der Waals surface area contributed by atoms with Crippen LogP contribution in [-0.4, -0.2) is 12.0 Å². The van der Waals surface area contributed by atoms with E-state index in [9.17, 15) is 4.79 Å². The van der Waals surface area contributed by atoms with E-state index < -0.39 is 0 Å². The first-order chi connectivity index (χ1) is 9.19. The molecule has 1 nitrogen and oxygen atoms in total. The Morgan fingerprint density at radius 2 is 1.68 bits per heavy atom. The van der Waals surface area contributed by atoms with Gasteiger partial charge in [-0.15, -0.1) is 11.8 Å². The zero-order valence-electron chi connectivity index (χ0n) is 10.5. The minimum atomic E-state index is 0.0327. The number of ketones is 1. The molecule has 0 bridgehead atoms. The second-order valence-corrected chi connectivity index (χ2v) is 6.10. The van der Waals surface area contributed by atoms with Gasteiger partial charge in [-0.25, -0.2) is 0 Å². The lowest BCUT2D eigenvalue weighted by Crippen LogP contribution is -1.93. The molecule has 0 saturated heterocycles. The summed E-state index contributed by atoms with van der Waals surface area (Å²) in [6.07, 6.45) is 5.52. The van der Waals surface area contributed by atoms with E-state index in [1.165, 1.54) is 4.90 Å². The maximum Gasteiger partial charge on any atom is 0.185 e. The van der Waals surface area contributed by atoms with Crippen molar-refractivity contribution in [1.82, 2.24) is 0 Å².